The average molecular weight is 316 g/mol. The number of fused-ring (bicyclic) bond motifs is 1. The fraction of sp³-hybridized carbons (Fsp3) is 0.0588. The van der Waals surface area contributed by atoms with Crippen molar-refractivity contribution in [3.63, 3.8) is 0 Å². The molecule has 1 heterocycles. The molecule has 0 bridgehead atoms. The monoisotopic (exact) mass is 315 g/mol. The first-order valence-electron chi connectivity index (χ1n) is 6.53. The van der Waals surface area contributed by atoms with Gasteiger partial charge in [0.2, 0.25) is 0 Å². The lowest BCUT2D eigenvalue weighted by Crippen LogP contribution is -2.00. The number of carboxylic acids is 1. The summed E-state index contributed by atoms with van der Waals surface area (Å²) in [5.41, 5.74) is 1.92. The lowest BCUT2D eigenvalue weighted by Gasteiger charge is -2.07. The number of rotatable bonds is 4. The Morgan fingerprint density at radius 2 is 1.86 bits per heavy atom. The SMILES string of the molecule is Cl.O=C(O)c1cccc(OCc2ccc3ccccc3n2)c1. The maximum Gasteiger partial charge on any atom is 0.335 e. The molecule has 3 aromatic rings. The van der Waals surface area contributed by atoms with Crippen LogP contribution in [0.2, 0.25) is 0 Å². The molecule has 0 radical (unpaired) electrons. The Hall–Kier alpha value is -2.59. The molecule has 0 saturated carbocycles. The van der Waals surface area contributed by atoms with Gasteiger partial charge < -0.3 is 9.84 Å². The van der Waals surface area contributed by atoms with Crippen molar-refractivity contribution in [2.45, 2.75) is 6.61 Å². The summed E-state index contributed by atoms with van der Waals surface area (Å²) in [5.74, 6) is -0.450. The Balaban J connectivity index is 0.00000176. The molecule has 0 fully saturated rings. The number of aromatic nitrogens is 1. The summed E-state index contributed by atoms with van der Waals surface area (Å²) in [6.07, 6.45) is 0. The largest absolute Gasteiger partial charge is 0.487 e. The maximum absolute atomic E-state index is 10.9. The fourth-order valence-corrected chi connectivity index (χ4v) is 2.06. The number of hydrogen-bond acceptors (Lipinski definition) is 3. The standard InChI is InChI=1S/C17H13NO3.ClH/c19-17(20)13-5-3-6-15(10-13)21-11-14-9-8-12-4-1-2-7-16(12)18-14;/h1-10H,11H2,(H,19,20);1H. The van der Waals surface area contributed by atoms with Gasteiger partial charge in [-0.3, -0.25) is 0 Å². The van der Waals surface area contributed by atoms with Crippen molar-refractivity contribution in [1.29, 1.82) is 0 Å². The Morgan fingerprint density at radius 3 is 2.68 bits per heavy atom. The first-order valence-corrected chi connectivity index (χ1v) is 6.53. The van der Waals surface area contributed by atoms with E-state index >= 15 is 0 Å². The van der Waals surface area contributed by atoms with E-state index in [1.807, 2.05) is 36.4 Å². The zero-order valence-electron chi connectivity index (χ0n) is 11.6. The van der Waals surface area contributed by atoms with Crippen LogP contribution in [0.3, 0.4) is 0 Å². The average Bonchev–Trinajstić information content (AvgIpc) is 2.53. The minimum atomic E-state index is -0.968. The van der Waals surface area contributed by atoms with Gasteiger partial charge in [-0.05, 0) is 30.3 Å². The van der Waals surface area contributed by atoms with Gasteiger partial charge in [0.25, 0.3) is 0 Å². The Kier molecular flexibility index (Phi) is 4.96. The zero-order chi connectivity index (χ0) is 14.7. The molecule has 0 saturated heterocycles. The number of ether oxygens (including phenoxy) is 1. The highest BCUT2D eigenvalue weighted by molar-refractivity contribution is 5.88. The predicted molar refractivity (Wildman–Crippen MR) is 86.7 cm³/mol. The van der Waals surface area contributed by atoms with Crippen molar-refractivity contribution in [1.82, 2.24) is 4.98 Å². The van der Waals surface area contributed by atoms with Crippen molar-refractivity contribution in [3.05, 3.63) is 71.9 Å². The van der Waals surface area contributed by atoms with E-state index in [1.54, 1.807) is 12.1 Å². The van der Waals surface area contributed by atoms with Gasteiger partial charge in [0, 0.05) is 5.39 Å². The molecule has 2 aromatic carbocycles. The van der Waals surface area contributed by atoms with E-state index in [1.165, 1.54) is 12.1 Å². The molecule has 3 rings (SSSR count). The number of nitrogens with zero attached hydrogens (tertiary/aromatic N) is 1. The number of carboxylic acid groups (broad SMARTS) is 1. The molecule has 22 heavy (non-hydrogen) atoms. The van der Waals surface area contributed by atoms with Crippen LogP contribution in [0.15, 0.2) is 60.7 Å². The van der Waals surface area contributed by atoms with E-state index in [4.69, 9.17) is 9.84 Å². The summed E-state index contributed by atoms with van der Waals surface area (Å²) >= 11 is 0. The fourth-order valence-electron chi connectivity index (χ4n) is 2.06. The van der Waals surface area contributed by atoms with Crippen molar-refractivity contribution in [2.75, 3.05) is 0 Å². The van der Waals surface area contributed by atoms with E-state index in [0.29, 0.717) is 12.4 Å². The molecule has 0 aliphatic carbocycles. The van der Waals surface area contributed by atoms with Gasteiger partial charge in [0.15, 0.2) is 0 Å². The summed E-state index contributed by atoms with van der Waals surface area (Å²) in [6.45, 7) is 0.300. The third kappa shape index (κ3) is 3.54. The number of halogens is 1. The topological polar surface area (TPSA) is 59.4 Å². The van der Waals surface area contributed by atoms with Crippen LogP contribution in [0.1, 0.15) is 16.1 Å². The second kappa shape index (κ2) is 6.91. The van der Waals surface area contributed by atoms with Crippen LogP contribution < -0.4 is 4.74 Å². The van der Waals surface area contributed by atoms with Gasteiger partial charge in [-0.15, -0.1) is 12.4 Å². The predicted octanol–water partition coefficient (Wildman–Crippen LogP) is 3.93. The Bertz CT molecular complexity index is 805. The molecule has 1 N–H and O–H groups in total. The van der Waals surface area contributed by atoms with Gasteiger partial charge in [-0.1, -0.05) is 30.3 Å². The van der Waals surface area contributed by atoms with Gasteiger partial charge in [-0.2, -0.15) is 0 Å². The highest BCUT2D eigenvalue weighted by Gasteiger charge is 2.04. The van der Waals surface area contributed by atoms with Gasteiger partial charge in [0.05, 0.1) is 16.8 Å². The summed E-state index contributed by atoms with van der Waals surface area (Å²) in [5, 5.41) is 10.0. The lowest BCUT2D eigenvalue weighted by molar-refractivity contribution is 0.0696. The summed E-state index contributed by atoms with van der Waals surface area (Å²) < 4.78 is 5.61. The molecule has 0 atom stereocenters. The second-order valence-corrected chi connectivity index (χ2v) is 4.62. The zero-order valence-corrected chi connectivity index (χ0v) is 12.4. The van der Waals surface area contributed by atoms with E-state index in [-0.39, 0.29) is 18.0 Å². The normalized spacial score (nSPS) is 10.0. The van der Waals surface area contributed by atoms with E-state index in [2.05, 4.69) is 4.98 Å². The highest BCUT2D eigenvalue weighted by Crippen LogP contribution is 2.16. The molecule has 0 spiro atoms. The van der Waals surface area contributed by atoms with Crippen LogP contribution >= 0.6 is 12.4 Å². The number of hydrogen-bond donors (Lipinski definition) is 1. The van der Waals surface area contributed by atoms with Crippen LogP contribution in [-0.4, -0.2) is 16.1 Å². The third-order valence-electron chi connectivity index (χ3n) is 3.12. The van der Waals surface area contributed by atoms with Crippen LogP contribution in [-0.2, 0) is 6.61 Å². The summed E-state index contributed by atoms with van der Waals surface area (Å²) in [4.78, 5) is 15.4. The van der Waals surface area contributed by atoms with Gasteiger partial charge in [0.1, 0.15) is 12.4 Å². The number of pyridine rings is 1. The molecular weight excluding hydrogens is 302 g/mol. The van der Waals surface area contributed by atoms with Crippen molar-refractivity contribution < 1.29 is 14.6 Å². The summed E-state index contributed by atoms with van der Waals surface area (Å²) in [6, 6.07) is 18.2. The van der Waals surface area contributed by atoms with E-state index in [9.17, 15) is 4.79 Å². The van der Waals surface area contributed by atoms with E-state index < -0.39 is 5.97 Å². The van der Waals surface area contributed by atoms with Crippen molar-refractivity contribution >= 4 is 29.3 Å². The molecule has 0 unspecified atom stereocenters. The maximum atomic E-state index is 10.9. The van der Waals surface area contributed by atoms with Crippen molar-refractivity contribution in [2.24, 2.45) is 0 Å². The van der Waals surface area contributed by atoms with Crippen LogP contribution in [0.25, 0.3) is 10.9 Å². The number of aromatic carboxylic acids is 1. The molecule has 112 valence electrons. The summed E-state index contributed by atoms with van der Waals surface area (Å²) in [7, 11) is 0. The molecule has 1 aromatic heterocycles. The smallest absolute Gasteiger partial charge is 0.335 e. The van der Waals surface area contributed by atoms with Gasteiger partial charge in [-0.25, -0.2) is 9.78 Å². The second-order valence-electron chi connectivity index (χ2n) is 4.62. The molecule has 0 aliphatic rings. The van der Waals surface area contributed by atoms with Crippen molar-refractivity contribution in [3.8, 4) is 5.75 Å². The molecule has 0 amide bonds. The minimum Gasteiger partial charge on any atom is -0.487 e. The first kappa shape index (κ1) is 15.8. The quantitative estimate of drug-likeness (QED) is 0.792. The Labute approximate surface area is 133 Å². The number of carbonyl (C=O) groups is 1. The molecule has 5 heteroatoms. The molecular formula is C17H14ClNO3. The first-order chi connectivity index (χ1) is 10.2. The van der Waals surface area contributed by atoms with Crippen LogP contribution in [0.5, 0.6) is 5.75 Å². The molecule has 4 nitrogen and oxygen atoms in total. The van der Waals surface area contributed by atoms with Gasteiger partial charge >= 0.3 is 5.97 Å². The lowest BCUT2D eigenvalue weighted by atomic mass is 10.2. The third-order valence-corrected chi connectivity index (χ3v) is 3.12. The Morgan fingerprint density at radius 1 is 1.05 bits per heavy atom. The number of para-hydroxylation sites is 1. The number of benzene rings is 2. The molecule has 0 aliphatic heterocycles. The highest BCUT2D eigenvalue weighted by atomic mass is 35.5. The minimum absolute atomic E-state index is 0. The van der Waals surface area contributed by atoms with Crippen LogP contribution in [0.4, 0.5) is 0 Å². The van der Waals surface area contributed by atoms with Crippen LogP contribution in [0, 0.1) is 0 Å². The van der Waals surface area contributed by atoms with E-state index in [0.717, 1.165) is 16.6 Å².